The van der Waals surface area contributed by atoms with Crippen LogP contribution in [0.1, 0.15) is 31.0 Å². The van der Waals surface area contributed by atoms with Crippen LogP contribution in [0.25, 0.3) is 0 Å². The molecule has 8 nitrogen and oxygen atoms in total. The largest absolute Gasteiger partial charge is 0.480 e. The Morgan fingerprint density at radius 1 is 1.48 bits per heavy atom. The van der Waals surface area contributed by atoms with Crippen molar-refractivity contribution in [1.82, 2.24) is 20.4 Å². The Morgan fingerprint density at radius 2 is 2.29 bits per heavy atom. The number of nitrogens with one attached hydrogen (secondary N) is 1. The molecule has 0 spiro atoms. The van der Waals surface area contributed by atoms with Crippen molar-refractivity contribution in [1.29, 1.82) is 0 Å². The molecule has 2 fully saturated rings. The van der Waals surface area contributed by atoms with E-state index in [1.165, 1.54) is 4.90 Å². The Morgan fingerprint density at radius 3 is 2.95 bits per heavy atom. The van der Waals surface area contributed by atoms with Gasteiger partial charge in [0, 0.05) is 13.5 Å². The predicted molar refractivity (Wildman–Crippen MR) is 70.2 cm³/mol. The van der Waals surface area contributed by atoms with E-state index >= 15 is 0 Å². The Hall–Kier alpha value is -2.12. The number of aliphatic carboxylic acids is 1. The van der Waals surface area contributed by atoms with Crippen molar-refractivity contribution in [3.63, 3.8) is 0 Å². The summed E-state index contributed by atoms with van der Waals surface area (Å²) >= 11 is 0. The maximum atomic E-state index is 12.2. The highest BCUT2D eigenvalue weighted by Gasteiger charge is 2.49. The van der Waals surface area contributed by atoms with Crippen molar-refractivity contribution in [3.8, 4) is 0 Å². The minimum Gasteiger partial charge on any atom is -0.480 e. The molecule has 1 aliphatic carbocycles. The van der Waals surface area contributed by atoms with Crippen molar-refractivity contribution in [2.45, 2.75) is 38.8 Å². The number of urea groups is 1. The SMILES string of the molecule is Cc1nc(CNC(=O)N2CC3CCCC3C2C(=O)O)no1. The van der Waals surface area contributed by atoms with Crippen molar-refractivity contribution >= 4 is 12.0 Å². The van der Waals surface area contributed by atoms with Gasteiger partial charge in [-0.25, -0.2) is 9.59 Å². The van der Waals surface area contributed by atoms with Gasteiger partial charge in [0.1, 0.15) is 6.04 Å². The van der Waals surface area contributed by atoms with Crippen molar-refractivity contribution in [2.24, 2.45) is 11.8 Å². The summed E-state index contributed by atoms with van der Waals surface area (Å²) in [6.07, 6.45) is 2.94. The number of aryl methyl sites for hydroxylation is 1. The molecule has 2 amide bonds. The van der Waals surface area contributed by atoms with Gasteiger partial charge in [-0.05, 0) is 24.7 Å². The molecule has 3 rings (SSSR count). The fourth-order valence-electron chi connectivity index (χ4n) is 3.50. The number of nitrogens with zero attached hydrogens (tertiary/aromatic N) is 3. The number of hydrogen-bond donors (Lipinski definition) is 2. The second-order valence-corrected chi connectivity index (χ2v) is 5.68. The Bertz CT molecular complexity index is 558. The van der Waals surface area contributed by atoms with Crippen LogP contribution in [0.3, 0.4) is 0 Å². The van der Waals surface area contributed by atoms with Gasteiger partial charge in [0.05, 0.1) is 6.54 Å². The number of hydrogen-bond acceptors (Lipinski definition) is 5. The molecule has 2 N–H and O–H groups in total. The van der Waals surface area contributed by atoms with Crippen LogP contribution in [-0.2, 0) is 11.3 Å². The molecule has 114 valence electrons. The number of fused-ring (bicyclic) bond motifs is 1. The molecule has 2 aliphatic rings. The van der Waals surface area contributed by atoms with Crippen LogP contribution >= 0.6 is 0 Å². The van der Waals surface area contributed by atoms with Crippen LogP contribution in [-0.4, -0.2) is 44.7 Å². The summed E-state index contributed by atoms with van der Waals surface area (Å²) < 4.78 is 4.82. The van der Waals surface area contributed by atoms with Crippen molar-refractivity contribution < 1.29 is 19.2 Å². The summed E-state index contributed by atoms with van der Waals surface area (Å²) in [6.45, 7) is 2.31. The number of amides is 2. The summed E-state index contributed by atoms with van der Waals surface area (Å²) in [5.74, 6) is 0.283. The van der Waals surface area contributed by atoms with E-state index in [1.54, 1.807) is 6.92 Å². The third-order valence-electron chi connectivity index (χ3n) is 4.37. The van der Waals surface area contributed by atoms with Gasteiger partial charge in [-0.3, -0.25) is 0 Å². The number of carboxylic acids is 1. The molecule has 8 heteroatoms. The lowest BCUT2D eigenvalue weighted by atomic mass is 9.94. The first-order valence-corrected chi connectivity index (χ1v) is 7.12. The molecule has 3 atom stereocenters. The van der Waals surface area contributed by atoms with Gasteiger partial charge >= 0.3 is 12.0 Å². The van der Waals surface area contributed by atoms with Gasteiger partial charge in [-0.1, -0.05) is 11.6 Å². The quantitative estimate of drug-likeness (QED) is 0.852. The van der Waals surface area contributed by atoms with Crippen LogP contribution < -0.4 is 5.32 Å². The molecule has 1 aromatic rings. The summed E-state index contributed by atoms with van der Waals surface area (Å²) in [6, 6.07) is -1.09. The van der Waals surface area contributed by atoms with Gasteiger partial charge in [-0.2, -0.15) is 4.98 Å². The lowest BCUT2D eigenvalue weighted by Crippen LogP contribution is -2.47. The molecule has 1 saturated heterocycles. The highest BCUT2D eigenvalue weighted by Crippen LogP contribution is 2.42. The van der Waals surface area contributed by atoms with Gasteiger partial charge in [0.2, 0.25) is 5.89 Å². The number of carbonyl (C=O) groups is 2. The van der Waals surface area contributed by atoms with E-state index in [0.717, 1.165) is 19.3 Å². The van der Waals surface area contributed by atoms with Crippen LogP contribution in [0.4, 0.5) is 4.79 Å². The molecule has 2 heterocycles. The zero-order chi connectivity index (χ0) is 15.0. The Kier molecular flexibility index (Phi) is 3.52. The zero-order valence-electron chi connectivity index (χ0n) is 11.8. The maximum absolute atomic E-state index is 12.2. The zero-order valence-corrected chi connectivity index (χ0v) is 11.8. The van der Waals surface area contributed by atoms with E-state index < -0.39 is 12.0 Å². The van der Waals surface area contributed by atoms with Crippen LogP contribution in [0.5, 0.6) is 0 Å². The minimum atomic E-state index is -0.921. The summed E-state index contributed by atoms with van der Waals surface area (Å²) in [5.41, 5.74) is 0. The first kappa shape index (κ1) is 13.8. The molecule has 0 aromatic carbocycles. The molecule has 3 unspecified atom stereocenters. The number of likely N-dealkylation sites (tertiary alicyclic amines) is 1. The molecule has 21 heavy (non-hydrogen) atoms. The third-order valence-corrected chi connectivity index (χ3v) is 4.37. The fourth-order valence-corrected chi connectivity index (χ4v) is 3.50. The number of carbonyl (C=O) groups excluding carboxylic acids is 1. The highest BCUT2D eigenvalue weighted by molar-refractivity contribution is 5.83. The van der Waals surface area contributed by atoms with Crippen LogP contribution in [0.2, 0.25) is 0 Å². The van der Waals surface area contributed by atoms with E-state index in [9.17, 15) is 14.7 Å². The lowest BCUT2D eigenvalue weighted by Gasteiger charge is -2.24. The summed E-state index contributed by atoms with van der Waals surface area (Å²) in [5, 5.41) is 15.8. The van der Waals surface area contributed by atoms with E-state index in [-0.39, 0.29) is 18.5 Å². The van der Waals surface area contributed by atoms with E-state index in [1.807, 2.05) is 0 Å². The first-order valence-electron chi connectivity index (χ1n) is 7.12. The number of rotatable bonds is 3. The van der Waals surface area contributed by atoms with E-state index in [4.69, 9.17) is 4.52 Å². The highest BCUT2D eigenvalue weighted by atomic mass is 16.5. The average Bonchev–Trinajstić information content (AvgIpc) is 3.09. The van der Waals surface area contributed by atoms with Gasteiger partial charge in [0.25, 0.3) is 0 Å². The smallest absolute Gasteiger partial charge is 0.326 e. The van der Waals surface area contributed by atoms with Gasteiger partial charge in [0.15, 0.2) is 5.82 Å². The molecule has 1 saturated carbocycles. The Labute approximate surface area is 121 Å². The normalized spacial score (nSPS) is 27.7. The molecule has 0 radical (unpaired) electrons. The van der Waals surface area contributed by atoms with Crippen molar-refractivity contribution in [2.75, 3.05) is 6.54 Å². The van der Waals surface area contributed by atoms with Crippen LogP contribution in [0.15, 0.2) is 4.52 Å². The molecular weight excluding hydrogens is 276 g/mol. The number of carboxylic acid groups (broad SMARTS) is 1. The monoisotopic (exact) mass is 294 g/mol. The fraction of sp³-hybridized carbons (Fsp3) is 0.692. The number of aromatic nitrogens is 2. The topological polar surface area (TPSA) is 109 Å². The summed E-state index contributed by atoms with van der Waals surface area (Å²) in [4.78, 5) is 29.1. The first-order chi connectivity index (χ1) is 10.1. The van der Waals surface area contributed by atoms with Gasteiger partial charge < -0.3 is 19.8 Å². The van der Waals surface area contributed by atoms with E-state index in [0.29, 0.717) is 24.2 Å². The van der Waals surface area contributed by atoms with Crippen molar-refractivity contribution in [3.05, 3.63) is 11.7 Å². The second kappa shape index (κ2) is 5.34. The molecule has 0 bridgehead atoms. The molecular formula is C13H18N4O4. The lowest BCUT2D eigenvalue weighted by molar-refractivity contribution is -0.142. The summed E-state index contributed by atoms with van der Waals surface area (Å²) in [7, 11) is 0. The van der Waals surface area contributed by atoms with E-state index in [2.05, 4.69) is 15.5 Å². The molecule has 1 aromatic heterocycles. The third kappa shape index (κ3) is 2.57. The average molecular weight is 294 g/mol. The minimum absolute atomic E-state index is 0.0840. The van der Waals surface area contributed by atoms with Crippen LogP contribution in [0, 0.1) is 18.8 Å². The van der Waals surface area contributed by atoms with Gasteiger partial charge in [-0.15, -0.1) is 0 Å². The second-order valence-electron chi connectivity index (χ2n) is 5.68. The molecule has 1 aliphatic heterocycles. The predicted octanol–water partition coefficient (Wildman–Crippen LogP) is 0.773. The standard InChI is InChI=1S/C13H18N4O4/c1-7-15-10(16-21-7)5-14-13(20)17-6-8-3-2-4-9(8)11(17)12(18)19/h8-9,11H,2-6H2,1H3,(H,14,20)(H,18,19). The maximum Gasteiger partial charge on any atom is 0.326 e. The Balaban J connectivity index is 1.64.